The van der Waals surface area contributed by atoms with Crippen LogP contribution in [0.15, 0.2) is 24.3 Å². The molecule has 1 fully saturated rings. The van der Waals surface area contributed by atoms with Crippen LogP contribution in [0.25, 0.3) is 0 Å². The standard InChI is InChI=1S/C14H16F4N2O2/c15-11-3-1-10(2-4-11)12-7-20(5-6-22-12)8-13(21)19-9-14(16,17)18/h1-4,12H,5-9H2,(H,19,21)/t12-/m1/s1. The quantitative estimate of drug-likeness (QED) is 0.861. The Kier molecular flexibility index (Phi) is 5.36. The number of amides is 1. The van der Waals surface area contributed by atoms with E-state index in [1.807, 2.05) is 5.32 Å². The second kappa shape index (κ2) is 7.06. The van der Waals surface area contributed by atoms with Crippen molar-refractivity contribution in [3.8, 4) is 0 Å². The van der Waals surface area contributed by atoms with Crippen LogP contribution in [-0.4, -0.2) is 49.8 Å². The zero-order valence-electron chi connectivity index (χ0n) is 11.7. The molecule has 1 atom stereocenters. The molecule has 0 aromatic heterocycles. The summed E-state index contributed by atoms with van der Waals surface area (Å²) in [6, 6.07) is 5.81. The van der Waals surface area contributed by atoms with Crippen LogP contribution in [0, 0.1) is 5.82 Å². The number of rotatable bonds is 4. The van der Waals surface area contributed by atoms with Crippen molar-refractivity contribution < 1.29 is 27.1 Å². The molecule has 4 nitrogen and oxygen atoms in total. The van der Waals surface area contributed by atoms with E-state index in [0.717, 1.165) is 5.56 Å². The van der Waals surface area contributed by atoms with Crippen molar-refractivity contribution in [2.75, 3.05) is 32.8 Å². The highest BCUT2D eigenvalue weighted by molar-refractivity contribution is 5.78. The van der Waals surface area contributed by atoms with Gasteiger partial charge in [0.25, 0.3) is 0 Å². The number of nitrogens with zero attached hydrogens (tertiary/aromatic N) is 1. The smallest absolute Gasteiger partial charge is 0.371 e. The summed E-state index contributed by atoms with van der Waals surface area (Å²) >= 11 is 0. The fourth-order valence-electron chi connectivity index (χ4n) is 2.18. The Morgan fingerprint density at radius 1 is 1.32 bits per heavy atom. The SMILES string of the molecule is O=C(CN1CCO[C@@H](c2ccc(F)cc2)C1)NCC(F)(F)F. The van der Waals surface area contributed by atoms with Gasteiger partial charge >= 0.3 is 6.18 Å². The number of nitrogens with one attached hydrogen (secondary N) is 1. The number of ether oxygens (including phenoxy) is 1. The summed E-state index contributed by atoms with van der Waals surface area (Å²) < 4.78 is 54.5. The van der Waals surface area contributed by atoms with Crippen LogP contribution in [0.4, 0.5) is 17.6 Å². The summed E-state index contributed by atoms with van der Waals surface area (Å²) in [6.45, 7) is -0.286. The van der Waals surface area contributed by atoms with Crippen molar-refractivity contribution in [2.45, 2.75) is 12.3 Å². The van der Waals surface area contributed by atoms with Crippen LogP contribution in [0.2, 0.25) is 0 Å². The fourth-order valence-corrected chi connectivity index (χ4v) is 2.18. The highest BCUT2D eigenvalue weighted by Crippen LogP contribution is 2.22. The van der Waals surface area contributed by atoms with E-state index in [1.165, 1.54) is 12.1 Å². The molecule has 1 N–H and O–H groups in total. The van der Waals surface area contributed by atoms with Crippen molar-refractivity contribution >= 4 is 5.91 Å². The van der Waals surface area contributed by atoms with Gasteiger partial charge in [-0.3, -0.25) is 9.69 Å². The lowest BCUT2D eigenvalue weighted by atomic mass is 10.1. The molecule has 1 aliphatic rings. The van der Waals surface area contributed by atoms with E-state index in [4.69, 9.17) is 4.74 Å². The maximum atomic E-state index is 12.9. The lowest BCUT2D eigenvalue weighted by molar-refractivity contribution is -0.140. The lowest BCUT2D eigenvalue weighted by Gasteiger charge is -2.32. The molecule has 1 aromatic rings. The minimum atomic E-state index is -4.42. The van der Waals surface area contributed by atoms with E-state index in [2.05, 4.69) is 0 Å². The van der Waals surface area contributed by atoms with Crippen molar-refractivity contribution in [3.05, 3.63) is 35.6 Å². The lowest BCUT2D eigenvalue weighted by Crippen LogP contribution is -2.45. The predicted octanol–water partition coefficient (Wildman–Crippen LogP) is 1.88. The van der Waals surface area contributed by atoms with Gasteiger partial charge in [0.15, 0.2) is 0 Å². The van der Waals surface area contributed by atoms with Gasteiger partial charge in [-0.25, -0.2) is 4.39 Å². The highest BCUT2D eigenvalue weighted by Gasteiger charge is 2.29. The molecule has 0 bridgehead atoms. The van der Waals surface area contributed by atoms with Gasteiger partial charge in [-0.05, 0) is 17.7 Å². The first-order valence-corrected chi connectivity index (χ1v) is 6.76. The molecule has 122 valence electrons. The highest BCUT2D eigenvalue weighted by atomic mass is 19.4. The van der Waals surface area contributed by atoms with E-state index in [1.54, 1.807) is 17.0 Å². The third-order valence-electron chi connectivity index (χ3n) is 3.25. The first kappa shape index (κ1) is 16.7. The Morgan fingerprint density at radius 3 is 2.64 bits per heavy atom. The predicted molar refractivity (Wildman–Crippen MR) is 70.6 cm³/mol. The molecular formula is C14H16F4N2O2. The average Bonchev–Trinajstić information content (AvgIpc) is 2.45. The molecule has 22 heavy (non-hydrogen) atoms. The number of hydrogen-bond acceptors (Lipinski definition) is 3. The number of carbonyl (C=O) groups is 1. The van der Waals surface area contributed by atoms with Gasteiger partial charge in [-0.15, -0.1) is 0 Å². The van der Waals surface area contributed by atoms with Crippen LogP contribution in [-0.2, 0) is 9.53 Å². The molecule has 0 radical (unpaired) electrons. The number of carbonyl (C=O) groups excluding carboxylic acids is 1. The third kappa shape index (κ3) is 5.27. The summed E-state index contributed by atoms with van der Waals surface area (Å²) in [6.07, 6.45) is -4.75. The number of morpholine rings is 1. The number of benzene rings is 1. The summed E-state index contributed by atoms with van der Waals surface area (Å²) in [4.78, 5) is 13.2. The molecule has 0 aliphatic carbocycles. The van der Waals surface area contributed by atoms with Crippen LogP contribution in [0.3, 0.4) is 0 Å². The van der Waals surface area contributed by atoms with Gasteiger partial charge in [-0.2, -0.15) is 13.2 Å². The van der Waals surface area contributed by atoms with Crippen molar-refractivity contribution in [1.29, 1.82) is 0 Å². The molecule has 0 saturated carbocycles. The monoisotopic (exact) mass is 320 g/mol. The number of alkyl halides is 3. The molecule has 2 rings (SSSR count). The van der Waals surface area contributed by atoms with E-state index < -0.39 is 18.6 Å². The first-order valence-electron chi connectivity index (χ1n) is 6.76. The second-order valence-corrected chi connectivity index (χ2v) is 5.04. The van der Waals surface area contributed by atoms with Crippen molar-refractivity contribution in [1.82, 2.24) is 10.2 Å². The summed E-state index contributed by atoms with van der Waals surface area (Å²) in [5.41, 5.74) is 0.766. The second-order valence-electron chi connectivity index (χ2n) is 5.04. The van der Waals surface area contributed by atoms with E-state index >= 15 is 0 Å². The maximum Gasteiger partial charge on any atom is 0.405 e. The van der Waals surface area contributed by atoms with Gasteiger partial charge in [0.05, 0.1) is 19.3 Å². The van der Waals surface area contributed by atoms with Gasteiger partial charge in [0.1, 0.15) is 12.4 Å². The number of halogens is 4. The molecule has 1 saturated heterocycles. The average molecular weight is 320 g/mol. The largest absolute Gasteiger partial charge is 0.405 e. The van der Waals surface area contributed by atoms with Crippen molar-refractivity contribution in [3.63, 3.8) is 0 Å². The van der Waals surface area contributed by atoms with Gasteiger partial charge in [-0.1, -0.05) is 12.1 Å². The summed E-state index contributed by atoms with van der Waals surface area (Å²) in [5.74, 6) is -1.04. The Balaban J connectivity index is 1.85. The molecule has 1 heterocycles. The third-order valence-corrected chi connectivity index (χ3v) is 3.25. The molecule has 1 aliphatic heterocycles. The van der Waals surface area contributed by atoms with Crippen molar-refractivity contribution in [2.24, 2.45) is 0 Å². The zero-order valence-corrected chi connectivity index (χ0v) is 11.7. The van der Waals surface area contributed by atoms with Crippen LogP contribution < -0.4 is 5.32 Å². The van der Waals surface area contributed by atoms with E-state index in [9.17, 15) is 22.4 Å². The maximum absolute atomic E-state index is 12.9. The molecule has 0 unspecified atom stereocenters. The van der Waals surface area contributed by atoms with Crippen LogP contribution in [0.5, 0.6) is 0 Å². The Labute approximate surface area is 125 Å². The van der Waals surface area contributed by atoms with Crippen LogP contribution in [0.1, 0.15) is 11.7 Å². The minimum Gasteiger partial charge on any atom is -0.371 e. The summed E-state index contributed by atoms with van der Waals surface area (Å²) in [5, 5.41) is 1.84. The van der Waals surface area contributed by atoms with Gasteiger partial charge < -0.3 is 10.1 Å². The Morgan fingerprint density at radius 2 is 2.00 bits per heavy atom. The minimum absolute atomic E-state index is 0.128. The normalized spacial score (nSPS) is 19.9. The molecular weight excluding hydrogens is 304 g/mol. The van der Waals surface area contributed by atoms with E-state index in [-0.39, 0.29) is 18.5 Å². The van der Waals surface area contributed by atoms with Gasteiger partial charge in [0.2, 0.25) is 5.91 Å². The van der Waals surface area contributed by atoms with Gasteiger partial charge in [0, 0.05) is 13.1 Å². The molecule has 8 heteroatoms. The van der Waals surface area contributed by atoms with Crippen LogP contribution >= 0.6 is 0 Å². The molecule has 1 amide bonds. The Hall–Kier alpha value is -1.67. The number of hydrogen-bond donors (Lipinski definition) is 1. The summed E-state index contributed by atoms with van der Waals surface area (Å²) in [7, 11) is 0. The fraction of sp³-hybridized carbons (Fsp3) is 0.500. The Bertz CT molecular complexity index is 505. The molecule has 1 aromatic carbocycles. The van der Waals surface area contributed by atoms with E-state index in [0.29, 0.717) is 19.7 Å². The first-order chi connectivity index (χ1) is 10.3. The zero-order chi connectivity index (χ0) is 16.2. The molecule has 0 spiro atoms. The topological polar surface area (TPSA) is 41.6 Å².